The van der Waals surface area contributed by atoms with Gasteiger partial charge < -0.3 is 9.15 Å². The Morgan fingerprint density at radius 2 is 2.27 bits per heavy atom. The minimum Gasteiger partial charge on any atom is -0.468 e. The summed E-state index contributed by atoms with van der Waals surface area (Å²) in [7, 11) is 0. The molecule has 5 heteroatoms. The molecule has 0 radical (unpaired) electrons. The molecule has 0 saturated carbocycles. The number of hydrazine groups is 1. The van der Waals surface area contributed by atoms with Crippen LogP contribution in [-0.4, -0.2) is 11.7 Å². The number of hydrogen-bond donors (Lipinski definition) is 2. The molecular formula is C10H16N2O3. The molecule has 0 spiro atoms. The number of carbonyl (C=O) groups excluding carboxylic acids is 1. The van der Waals surface area contributed by atoms with Gasteiger partial charge in [0.2, 0.25) is 0 Å². The standard InChI is InChI=1S/C10H16N2O3/c1-10(2,3)15-9(13)12-11-7-8-5-4-6-14-8/h4-6,11H,7H2,1-3H3,(H,12,13). The van der Waals surface area contributed by atoms with E-state index in [2.05, 4.69) is 10.9 Å². The third-order valence-electron chi connectivity index (χ3n) is 1.43. The Bertz CT molecular complexity index is 301. The lowest BCUT2D eigenvalue weighted by Gasteiger charge is -2.19. The van der Waals surface area contributed by atoms with Gasteiger partial charge >= 0.3 is 6.09 Å². The number of nitrogens with one attached hydrogen (secondary N) is 2. The average molecular weight is 212 g/mol. The number of rotatable bonds is 3. The maximum atomic E-state index is 11.2. The largest absolute Gasteiger partial charge is 0.468 e. The van der Waals surface area contributed by atoms with Crippen LogP contribution < -0.4 is 10.9 Å². The van der Waals surface area contributed by atoms with Gasteiger partial charge in [-0.3, -0.25) is 5.43 Å². The minimum atomic E-state index is -0.506. The Labute approximate surface area is 88.8 Å². The van der Waals surface area contributed by atoms with Crippen LogP contribution in [-0.2, 0) is 11.3 Å². The lowest BCUT2D eigenvalue weighted by molar-refractivity contribution is 0.0496. The van der Waals surface area contributed by atoms with Gasteiger partial charge in [0.25, 0.3) is 0 Å². The second kappa shape index (κ2) is 4.84. The predicted molar refractivity (Wildman–Crippen MR) is 54.9 cm³/mol. The average Bonchev–Trinajstić information content (AvgIpc) is 2.53. The molecule has 1 aromatic rings. The molecule has 0 unspecified atom stereocenters. The quantitative estimate of drug-likeness (QED) is 0.750. The molecule has 1 rings (SSSR count). The number of ether oxygens (including phenoxy) is 1. The van der Waals surface area contributed by atoms with Gasteiger partial charge in [-0.05, 0) is 32.9 Å². The molecule has 1 amide bonds. The van der Waals surface area contributed by atoms with Gasteiger partial charge in [-0.2, -0.15) is 0 Å². The number of amides is 1. The molecule has 0 saturated heterocycles. The van der Waals surface area contributed by atoms with Crippen molar-refractivity contribution in [3.05, 3.63) is 24.2 Å². The first kappa shape index (κ1) is 11.6. The Kier molecular flexibility index (Phi) is 3.74. The van der Waals surface area contributed by atoms with Crippen molar-refractivity contribution in [2.24, 2.45) is 0 Å². The highest BCUT2D eigenvalue weighted by Crippen LogP contribution is 2.06. The molecule has 0 aromatic carbocycles. The van der Waals surface area contributed by atoms with E-state index in [0.717, 1.165) is 5.76 Å². The van der Waals surface area contributed by atoms with Crippen LogP contribution in [0, 0.1) is 0 Å². The Balaban J connectivity index is 2.18. The van der Waals surface area contributed by atoms with Gasteiger partial charge in [-0.15, -0.1) is 0 Å². The molecule has 2 N–H and O–H groups in total. The molecule has 0 fully saturated rings. The van der Waals surface area contributed by atoms with Crippen LogP contribution in [0.3, 0.4) is 0 Å². The van der Waals surface area contributed by atoms with Crippen molar-refractivity contribution in [1.82, 2.24) is 10.9 Å². The summed E-state index contributed by atoms with van der Waals surface area (Å²) in [6, 6.07) is 3.59. The fourth-order valence-corrected chi connectivity index (χ4v) is 0.920. The highest BCUT2D eigenvalue weighted by atomic mass is 16.6. The van der Waals surface area contributed by atoms with Crippen molar-refractivity contribution in [2.45, 2.75) is 32.9 Å². The summed E-state index contributed by atoms with van der Waals surface area (Å²) in [6.45, 7) is 5.84. The van der Waals surface area contributed by atoms with Crippen molar-refractivity contribution in [3.63, 3.8) is 0 Å². The molecule has 15 heavy (non-hydrogen) atoms. The summed E-state index contributed by atoms with van der Waals surface area (Å²) in [5.74, 6) is 0.742. The van der Waals surface area contributed by atoms with E-state index in [1.54, 1.807) is 33.1 Å². The molecule has 1 aromatic heterocycles. The van der Waals surface area contributed by atoms with Crippen LogP contribution in [0.1, 0.15) is 26.5 Å². The molecule has 0 aliphatic heterocycles. The second-order valence-corrected chi connectivity index (χ2v) is 4.06. The van der Waals surface area contributed by atoms with Gasteiger partial charge in [0, 0.05) is 0 Å². The normalized spacial score (nSPS) is 11.1. The molecule has 0 aliphatic rings. The highest BCUT2D eigenvalue weighted by molar-refractivity contribution is 5.66. The molecule has 0 atom stereocenters. The third-order valence-corrected chi connectivity index (χ3v) is 1.43. The fourth-order valence-electron chi connectivity index (χ4n) is 0.920. The van der Waals surface area contributed by atoms with E-state index in [1.165, 1.54) is 0 Å². The summed E-state index contributed by atoms with van der Waals surface area (Å²) in [6.07, 6.45) is 1.07. The smallest absolute Gasteiger partial charge is 0.422 e. The molecule has 5 nitrogen and oxygen atoms in total. The SMILES string of the molecule is CC(C)(C)OC(=O)NNCc1ccco1. The van der Waals surface area contributed by atoms with Crippen LogP contribution in [0.2, 0.25) is 0 Å². The first-order valence-corrected chi connectivity index (χ1v) is 4.71. The molecule has 1 heterocycles. The number of furan rings is 1. The van der Waals surface area contributed by atoms with E-state index in [9.17, 15) is 4.79 Å². The zero-order valence-electron chi connectivity index (χ0n) is 9.16. The van der Waals surface area contributed by atoms with Crippen LogP contribution in [0.5, 0.6) is 0 Å². The van der Waals surface area contributed by atoms with E-state index >= 15 is 0 Å². The topological polar surface area (TPSA) is 63.5 Å². The fraction of sp³-hybridized carbons (Fsp3) is 0.500. The molecule has 84 valence electrons. The number of hydrogen-bond acceptors (Lipinski definition) is 4. The van der Waals surface area contributed by atoms with Gasteiger partial charge in [0.15, 0.2) is 0 Å². The first-order valence-electron chi connectivity index (χ1n) is 4.71. The van der Waals surface area contributed by atoms with E-state index in [4.69, 9.17) is 9.15 Å². The van der Waals surface area contributed by atoms with E-state index in [-0.39, 0.29) is 0 Å². The summed E-state index contributed by atoms with van der Waals surface area (Å²) in [5, 5.41) is 0. The van der Waals surface area contributed by atoms with E-state index < -0.39 is 11.7 Å². The zero-order chi connectivity index (χ0) is 11.3. The molecule has 0 bridgehead atoms. The van der Waals surface area contributed by atoms with Gasteiger partial charge in [0.1, 0.15) is 11.4 Å². The van der Waals surface area contributed by atoms with Crippen molar-refractivity contribution in [3.8, 4) is 0 Å². The summed E-state index contributed by atoms with van der Waals surface area (Å²) in [4.78, 5) is 11.2. The first-order chi connectivity index (χ1) is 6.97. The van der Waals surface area contributed by atoms with Crippen LogP contribution in [0.25, 0.3) is 0 Å². The van der Waals surface area contributed by atoms with Crippen molar-refractivity contribution < 1.29 is 13.9 Å². The zero-order valence-corrected chi connectivity index (χ0v) is 9.16. The lowest BCUT2D eigenvalue weighted by atomic mass is 10.2. The second-order valence-electron chi connectivity index (χ2n) is 4.06. The lowest BCUT2D eigenvalue weighted by Crippen LogP contribution is -2.40. The van der Waals surface area contributed by atoms with Crippen molar-refractivity contribution in [1.29, 1.82) is 0 Å². The minimum absolute atomic E-state index is 0.423. The van der Waals surface area contributed by atoms with Gasteiger partial charge in [0.05, 0.1) is 12.8 Å². The van der Waals surface area contributed by atoms with Gasteiger partial charge in [-0.25, -0.2) is 10.2 Å². The third kappa shape index (κ3) is 5.07. The van der Waals surface area contributed by atoms with Gasteiger partial charge in [-0.1, -0.05) is 0 Å². The maximum Gasteiger partial charge on any atom is 0.422 e. The Hall–Kier alpha value is -1.49. The number of carbonyl (C=O) groups is 1. The molecular weight excluding hydrogens is 196 g/mol. The summed E-state index contributed by atoms with van der Waals surface area (Å²) < 4.78 is 10.1. The Morgan fingerprint density at radius 1 is 1.53 bits per heavy atom. The maximum absolute atomic E-state index is 11.2. The van der Waals surface area contributed by atoms with Crippen LogP contribution in [0.15, 0.2) is 22.8 Å². The highest BCUT2D eigenvalue weighted by Gasteiger charge is 2.15. The summed E-state index contributed by atoms with van der Waals surface area (Å²) in [5.41, 5.74) is 4.61. The summed E-state index contributed by atoms with van der Waals surface area (Å²) >= 11 is 0. The predicted octanol–water partition coefficient (Wildman–Crippen LogP) is 1.81. The monoisotopic (exact) mass is 212 g/mol. The molecule has 0 aliphatic carbocycles. The van der Waals surface area contributed by atoms with Crippen molar-refractivity contribution in [2.75, 3.05) is 0 Å². The van der Waals surface area contributed by atoms with Crippen LogP contribution >= 0.6 is 0 Å². The Morgan fingerprint density at radius 3 is 2.80 bits per heavy atom. The van der Waals surface area contributed by atoms with E-state index in [0.29, 0.717) is 6.54 Å². The van der Waals surface area contributed by atoms with E-state index in [1.807, 2.05) is 6.07 Å². The van der Waals surface area contributed by atoms with Crippen LogP contribution in [0.4, 0.5) is 4.79 Å². The van der Waals surface area contributed by atoms with Crippen molar-refractivity contribution >= 4 is 6.09 Å².